The zero-order valence-corrected chi connectivity index (χ0v) is 9.52. The van der Waals surface area contributed by atoms with Crippen LogP contribution >= 0.6 is 0 Å². The molecule has 2 rings (SSSR count). The Balaban J connectivity index is 2.14. The summed E-state index contributed by atoms with van der Waals surface area (Å²) in [5.41, 5.74) is 1.06. The van der Waals surface area contributed by atoms with E-state index in [1.54, 1.807) is 6.33 Å². The van der Waals surface area contributed by atoms with Crippen LogP contribution in [0.4, 0.5) is 0 Å². The Hall–Kier alpha value is -1.42. The van der Waals surface area contributed by atoms with E-state index < -0.39 is 0 Å². The number of aromatic nitrogens is 2. The van der Waals surface area contributed by atoms with Gasteiger partial charge in [-0.05, 0) is 19.0 Å². The Morgan fingerprint density at radius 2 is 2.25 bits per heavy atom. The molecule has 1 atom stereocenters. The van der Waals surface area contributed by atoms with E-state index in [0.717, 1.165) is 37.3 Å². The lowest BCUT2D eigenvalue weighted by Gasteiger charge is -2.19. The molecule has 0 aliphatic carbocycles. The molecule has 0 aromatic carbocycles. The molecule has 1 aliphatic rings. The van der Waals surface area contributed by atoms with Gasteiger partial charge in [-0.25, -0.2) is 9.97 Å². The second-order valence-electron chi connectivity index (χ2n) is 3.80. The summed E-state index contributed by atoms with van der Waals surface area (Å²) in [4.78, 5) is 8.10. The molecule has 1 aliphatic heterocycles. The summed E-state index contributed by atoms with van der Waals surface area (Å²) in [6.07, 6.45) is 9.45. The van der Waals surface area contributed by atoms with E-state index in [0.29, 0.717) is 0 Å². The van der Waals surface area contributed by atoms with Crippen molar-refractivity contribution >= 4 is 0 Å². The topological polar surface area (TPSA) is 47.0 Å². The average Bonchev–Trinajstić information content (AvgIpc) is 2.85. The van der Waals surface area contributed by atoms with Gasteiger partial charge in [-0.1, -0.05) is 6.92 Å². The van der Waals surface area contributed by atoms with Crippen LogP contribution in [0.25, 0.3) is 0 Å². The Morgan fingerprint density at radius 3 is 2.88 bits per heavy atom. The lowest BCUT2D eigenvalue weighted by Crippen LogP contribution is -2.24. The molecule has 1 aromatic heterocycles. The summed E-state index contributed by atoms with van der Waals surface area (Å²) in [6, 6.07) is 0.101. The minimum atomic E-state index is 0.101. The van der Waals surface area contributed by atoms with Crippen LogP contribution in [0, 0.1) is 0 Å². The van der Waals surface area contributed by atoms with Crippen LogP contribution < -0.4 is 5.32 Å². The van der Waals surface area contributed by atoms with Gasteiger partial charge in [0.05, 0.1) is 12.6 Å². The largest absolute Gasteiger partial charge is 0.496 e. The smallest absolute Gasteiger partial charge is 0.115 e. The first kappa shape index (κ1) is 11.1. The highest BCUT2D eigenvalue weighted by molar-refractivity contribution is 5.21. The molecule has 0 fully saturated rings. The fourth-order valence-corrected chi connectivity index (χ4v) is 1.77. The van der Waals surface area contributed by atoms with Crippen molar-refractivity contribution in [3.05, 3.63) is 36.1 Å². The summed E-state index contributed by atoms with van der Waals surface area (Å²) < 4.78 is 5.61. The van der Waals surface area contributed by atoms with E-state index >= 15 is 0 Å². The minimum Gasteiger partial charge on any atom is -0.496 e. The van der Waals surface area contributed by atoms with Gasteiger partial charge in [0.25, 0.3) is 0 Å². The van der Waals surface area contributed by atoms with Crippen molar-refractivity contribution in [2.45, 2.75) is 25.8 Å². The van der Waals surface area contributed by atoms with Crippen LogP contribution in [0.15, 0.2) is 30.6 Å². The SMILES string of the molecule is CCCNC(C1=CCCO1)c1cncnc1. The van der Waals surface area contributed by atoms with Gasteiger partial charge in [0.2, 0.25) is 0 Å². The van der Waals surface area contributed by atoms with Crippen molar-refractivity contribution in [3.8, 4) is 0 Å². The van der Waals surface area contributed by atoms with E-state index in [1.165, 1.54) is 0 Å². The third-order valence-electron chi connectivity index (χ3n) is 2.53. The van der Waals surface area contributed by atoms with Crippen molar-refractivity contribution in [3.63, 3.8) is 0 Å². The molecule has 0 bridgehead atoms. The molecular weight excluding hydrogens is 202 g/mol. The summed E-state index contributed by atoms with van der Waals surface area (Å²) in [5, 5.41) is 3.45. The highest BCUT2D eigenvalue weighted by Crippen LogP contribution is 2.25. The van der Waals surface area contributed by atoms with E-state index in [-0.39, 0.29) is 6.04 Å². The molecule has 0 spiro atoms. The molecule has 16 heavy (non-hydrogen) atoms. The maximum absolute atomic E-state index is 5.61. The monoisotopic (exact) mass is 219 g/mol. The zero-order valence-electron chi connectivity index (χ0n) is 9.52. The molecule has 4 heteroatoms. The fourth-order valence-electron chi connectivity index (χ4n) is 1.77. The maximum Gasteiger partial charge on any atom is 0.115 e. The predicted octanol–water partition coefficient (Wildman–Crippen LogP) is 1.82. The highest BCUT2D eigenvalue weighted by atomic mass is 16.5. The molecule has 1 N–H and O–H groups in total. The number of hydrogen-bond acceptors (Lipinski definition) is 4. The Kier molecular flexibility index (Phi) is 3.88. The van der Waals surface area contributed by atoms with Crippen LogP contribution in [0.2, 0.25) is 0 Å². The molecule has 1 unspecified atom stereocenters. The molecule has 1 aromatic rings. The van der Waals surface area contributed by atoms with Gasteiger partial charge in [0.15, 0.2) is 0 Å². The first-order chi connectivity index (χ1) is 7.92. The summed E-state index contributed by atoms with van der Waals surface area (Å²) in [6.45, 7) is 3.89. The third-order valence-corrected chi connectivity index (χ3v) is 2.53. The van der Waals surface area contributed by atoms with Crippen molar-refractivity contribution in [2.75, 3.05) is 13.2 Å². The first-order valence-corrected chi connectivity index (χ1v) is 5.73. The van der Waals surface area contributed by atoms with Gasteiger partial charge in [-0.15, -0.1) is 0 Å². The van der Waals surface area contributed by atoms with E-state index in [2.05, 4.69) is 28.3 Å². The average molecular weight is 219 g/mol. The van der Waals surface area contributed by atoms with E-state index in [9.17, 15) is 0 Å². The Labute approximate surface area is 95.8 Å². The molecule has 4 nitrogen and oxygen atoms in total. The number of rotatable bonds is 5. The molecule has 0 amide bonds. The lowest BCUT2D eigenvalue weighted by molar-refractivity contribution is 0.215. The van der Waals surface area contributed by atoms with Crippen LogP contribution in [-0.4, -0.2) is 23.1 Å². The van der Waals surface area contributed by atoms with Crippen LogP contribution in [0.1, 0.15) is 31.4 Å². The first-order valence-electron chi connectivity index (χ1n) is 5.73. The van der Waals surface area contributed by atoms with Crippen LogP contribution in [0.3, 0.4) is 0 Å². The Morgan fingerprint density at radius 1 is 1.44 bits per heavy atom. The van der Waals surface area contributed by atoms with Gasteiger partial charge < -0.3 is 10.1 Å². The highest BCUT2D eigenvalue weighted by Gasteiger charge is 2.20. The van der Waals surface area contributed by atoms with Crippen molar-refractivity contribution in [2.24, 2.45) is 0 Å². The summed E-state index contributed by atoms with van der Waals surface area (Å²) in [5.74, 6) is 1.00. The van der Waals surface area contributed by atoms with Gasteiger partial charge in [-0.3, -0.25) is 0 Å². The van der Waals surface area contributed by atoms with Crippen LogP contribution in [-0.2, 0) is 4.74 Å². The van der Waals surface area contributed by atoms with Gasteiger partial charge in [-0.2, -0.15) is 0 Å². The van der Waals surface area contributed by atoms with Crippen molar-refractivity contribution in [1.82, 2.24) is 15.3 Å². The quantitative estimate of drug-likeness (QED) is 0.820. The van der Waals surface area contributed by atoms with Crippen LogP contribution in [0.5, 0.6) is 0 Å². The normalized spacial score (nSPS) is 16.7. The molecule has 86 valence electrons. The molecule has 0 radical (unpaired) electrons. The molecule has 0 saturated heterocycles. The third kappa shape index (κ3) is 2.58. The molecular formula is C12H17N3O. The van der Waals surface area contributed by atoms with Crippen molar-refractivity contribution in [1.29, 1.82) is 0 Å². The molecule has 2 heterocycles. The second kappa shape index (κ2) is 5.61. The number of hydrogen-bond donors (Lipinski definition) is 1. The summed E-state index contributed by atoms with van der Waals surface area (Å²) >= 11 is 0. The second-order valence-corrected chi connectivity index (χ2v) is 3.80. The lowest BCUT2D eigenvalue weighted by atomic mass is 10.1. The van der Waals surface area contributed by atoms with Crippen molar-refractivity contribution < 1.29 is 4.74 Å². The minimum absolute atomic E-state index is 0.101. The van der Waals surface area contributed by atoms with Gasteiger partial charge in [0, 0.05) is 24.4 Å². The molecule has 0 saturated carbocycles. The van der Waals surface area contributed by atoms with Gasteiger partial charge in [0.1, 0.15) is 12.1 Å². The standard InChI is InChI=1S/C12H17N3O/c1-2-5-15-12(11-4-3-6-16-11)10-7-13-9-14-8-10/h4,7-9,12,15H,2-3,5-6H2,1H3. The van der Waals surface area contributed by atoms with Gasteiger partial charge >= 0.3 is 0 Å². The Bertz CT molecular complexity index is 351. The van der Waals surface area contributed by atoms with E-state index in [1.807, 2.05) is 12.4 Å². The fraction of sp³-hybridized carbons (Fsp3) is 0.500. The number of nitrogens with zero attached hydrogens (tertiary/aromatic N) is 2. The predicted molar refractivity (Wildman–Crippen MR) is 61.7 cm³/mol. The van der Waals surface area contributed by atoms with E-state index in [4.69, 9.17) is 4.74 Å². The number of nitrogens with one attached hydrogen (secondary N) is 1. The summed E-state index contributed by atoms with van der Waals surface area (Å²) in [7, 11) is 0. The maximum atomic E-state index is 5.61. The number of ether oxygens (including phenoxy) is 1. The zero-order chi connectivity index (χ0) is 11.2.